The van der Waals surface area contributed by atoms with Gasteiger partial charge in [-0.25, -0.2) is 0 Å². The molecule has 14 heavy (non-hydrogen) atoms. The number of nitrogens with one attached hydrogen (secondary N) is 1. The lowest BCUT2D eigenvalue weighted by Crippen LogP contribution is -2.38. The van der Waals surface area contributed by atoms with E-state index in [1.165, 1.54) is 19.4 Å². The molecule has 2 aliphatic rings. The van der Waals surface area contributed by atoms with Crippen LogP contribution in [0.25, 0.3) is 0 Å². The van der Waals surface area contributed by atoms with Crippen molar-refractivity contribution in [1.82, 2.24) is 10.2 Å². The minimum Gasteiger partial charge on any atom is -0.313 e. The largest absolute Gasteiger partial charge is 0.313 e. The van der Waals surface area contributed by atoms with Crippen LogP contribution in [0.5, 0.6) is 0 Å². The van der Waals surface area contributed by atoms with Crippen LogP contribution in [-0.4, -0.2) is 52.8 Å². The molecule has 2 rings (SSSR count). The number of hydrogen-bond donors (Lipinski definition) is 1. The second-order valence-electron chi connectivity index (χ2n) is 4.30. The van der Waals surface area contributed by atoms with Crippen LogP contribution in [0.3, 0.4) is 0 Å². The highest BCUT2D eigenvalue weighted by Crippen LogP contribution is 2.09. The van der Waals surface area contributed by atoms with E-state index in [0.29, 0.717) is 6.04 Å². The zero-order chi connectivity index (χ0) is 9.80. The Morgan fingerprint density at radius 3 is 3.00 bits per heavy atom. The van der Waals surface area contributed by atoms with E-state index in [-0.39, 0.29) is 0 Å². The molecule has 0 aromatic rings. The van der Waals surface area contributed by atoms with Crippen LogP contribution < -0.4 is 5.32 Å². The van der Waals surface area contributed by atoms with Gasteiger partial charge in [-0.1, -0.05) is 0 Å². The molecule has 0 aliphatic carbocycles. The molecule has 1 N–H and O–H groups in total. The quantitative estimate of drug-likeness (QED) is 0.715. The maximum absolute atomic E-state index is 11.3. The van der Waals surface area contributed by atoms with E-state index in [4.69, 9.17) is 0 Å². The summed E-state index contributed by atoms with van der Waals surface area (Å²) in [5.41, 5.74) is 0. The van der Waals surface area contributed by atoms with Gasteiger partial charge in [0.05, 0.1) is 0 Å². The van der Waals surface area contributed by atoms with Gasteiger partial charge in [0.25, 0.3) is 0 Å². The summed E-state index contributed by atoms with van der Waals surface area (Å²) in [5, 5.41) is 3.52. The molecule has 82 valence electrons. The lowest BCUT2D eigenvalue weighted by molar-refractivity contribution is 0.267. The summed E-state index contributed by atoms with van der Waals surface area (Å²) in [4.78, 5) is 2.48. The van der Waals surface area contributed by atoms with E-state index >= 15 is 0 Å². The Balaban J connectivity index is 1.76. The highest BCUT2D eigenvalue weighted by Gasteiger charge is 2.19. The molecule has 2 fully saturated rings. The zero-order valence-electron chi connectivity index (χ0n) is 8.71. The minimum absolute atomic E-state index is 0.543. The van der Waals surface area contributed by atoms with Crippen LogP contribution in [0.15, 0.2) is 0 Å². The normalized spacial score (nSPS) is 35.7. The molecule has 0 radical (unpaired) electrons. The Bertz CT molecular complexity index is 204. The first-order valence-corrected chi connectivity index (χ1v) is 7.14. The summed E-state index contributed by atoms with van der Waals surface area (Å²) < 4.78 is 11.3. The van der Waals surface area contributed by atoms with Crippen LogP contribution in [0.4, 0.5) is 0 Å². The third-order valence-corrected chi connectivity index (χ3v) is 4.50. The van der Waals surface area contributed by atoms with Crippen molar-refractivity contribution in [3.63, 3.8) is 0 Å². The fraction of sp³-hybridized carbons (Fsp3) is 1.00. The molecule has 0 amide bonds. The second-order valence-corrected chi connectivity index (χ2v) is 5.99. The van der Waals surface area contributed by atoms with Crippen molar-refractivity contribution in [2.45, 2.75) is 25.3 Å². The van der Waals surface area contributed by atoms with Crippen molar-refractivity contribution in [2.75, 3.05) is 37.7 Å². The Morgan fingerprint density at radius 2 is 2.21 bits per heavy atom. The summed E-state index contributed by atoms with van der Waals surface area (Å²) in [6.45, 7) is 4.52. The van der Waals surface area contributed by atoms with Gasteiger partial charge in [0.15, 0.2) is 0 Å². The zero-order valence-corrected chi connectivity index (χ0v) is 9.52. The van der Waals surface area contributed by atoms with Gasteiger partial charge in [0.1, 0.15) is 0 Å². The van der Waals surface area contributed by atoms with E-state index in [0.717, 1.165) is 37.6 Å². The molecule has 0 aromatic carbocycles. The summed E-state index contributed by atoms with van der Waals surface area (Å²) in [6.07, 6.45) is 3.75. The van der Waals surface area contributed by atoms with Crippen molar-refractivity contribution >= 4 is 10.8 Å². The van der Waals surface area contributed by atoms with Crippen molar-refractivity contribution in [2.24, 2.45) is 0 Å². The smallest absolute Gasteiger partial charge is 0.0362 e. The summed E-state index contributed by atoms with van der Waals surface area (Å²) in [7, 11) is -0.543. The van der Waals surface area contributed by atoms with Crippen molar-refractivity contribution < 1.29 is 4.21 Å². The molecule has 2 saturated heterocycles. The first-order valence-electron chi connectivity index (χ1n) is 5.65. The van der Waals surface area contributed by atoms with E-state index in [9.17, 15) is 4.21 Å². The third kappa shape index (κ3) is 3.04. The molecule has 2 heterocycles. The maximum Gasteiger partial charge on any atom is 0.0362 e. The molecule has 0 saturated carbocycles. The Labute approximate surface area is 88.7 Å². The van der Waals surface area contributed by atoms with Crippen LogP contribution in [0, 0.1) is 0 Å². The van der Waals surface area contributed by atoms with Crippen molar-refractivity contribution in [3.05, 3.63) is 0 Å². The summed E-state index contributed by atoms with van der Waals surface area (Å²) in [5.74, 6) is 1.79. The van der Waals surface area contributed by atoms with Crippen LogP contribution >= 0.6 is 0 Å². The Hall–Kier alpha value is 0.0700. The fourth-order valence-corrected chi connectivity index (χ4v) is 3.42. The van der Waals surface area contributed by atoms with Gasteiger partial charge in [-0.2, -0.15) is 0 Å². The number of hydrogen-bond acceptors (Lipinski definition) is 3. The predicted molar refractivity (Wildman–Crippen MR) is 60.0 cm³/mol. The average Bonchev–Trinajstić information content (AvgIpc) is 2.58. The lowest BCUT2D eigenvalue weighted by atomic mass is 10.2. The Morgan fingerprint density at radius 1 is 1.29 bits per heavy atom. The van der Waals surface area contributed by atoms with Gasteiger partial charge in [0, 0.05) is 41.4 Å². The van der Waals surface area contributed by atoms with E-state index in [1.54, 1.807) is 0 Å². The molecule has 2 atom stereocenters. The SMILES string of the molecule is O=S1CCCN(C[C@@H]2CCCN2)CC1. The van der Waals surface area contributed by atoms with E-state index in [1.807, 2.05) is 0 Å². The third-order valence-electron chi connectivity index (χ3n) is 3.12. The highest BCUT2D eigenvalue weighted by molar-refractivity contribution is 7.85. The topological polar surface area (TPSA) is 32.3 Å². The van der Waals surface area contributed by atoms with Gasteiger partial charge in [-0.05, 0) is 32.4 Å². The van der Waals surface area contributed by atoms with Crippen molar-refractivity contribution in [1.29, 1.82) is 0 Å². The molecule has 0 aromatic heterocycles. The van der Waals surface area contributed by atoms with Crippen molar-refractivity contribution in [3.8, 4) is 0 Å². The van der Waals surface area contributed by atoms with Crippen LogP contribution in [0.2, 0.25) is 0 Å². The second kappa shape index (κ2) is 5.24. The van der Waals surface area contributed by atoms with E-state index < -0.39 is 10.8 Å². The van der Waals surface area contributed by atoms with Gasteiger partial charge >= 0.3 is 0 Å². The molecular formula is C10H20N2OS. The van der Waals surface area contributed by atoms with Crippen LogP contribution in [0.1, 0.15) is 19.3 Å². The number of rotatable bonds is 2. The molecule has 2 aliphatic heterocycles. The van der Waals surface area contributed by atoms with Gasteiger partial charge in [-0.3, -0.25) is 4.21 Å². The van der Waals surface area contributed by atoms with Gasteiger partial charge in [-0.15, -0.1) is 0 Å². The number of nitrogens with zero attached hydrogens (tertiary/aromatic N) is 1. The first kappa shape index (κ1) is 10.6. The molecule has 1 unspecified atom stereocenters. The first-order chi connectivity index (χ1) is 6.84. The molecule has 3 nitrogen and oxygen atoms in total. The maximum atomic E-state index is 11.3. The monoisotopic (exact) mass is 216 g/mol. The average molecular weight is 216 g/mol. The lowest BCUT2D eigenvalue weighted by Gasteiger charge is -2.23. The predicted octanol–water partition coefficient (Wildman–Crippen LogP) is 0.193. The van der Waals surface area contributed by atoms with Gasteiger partial charge in [0.2, 0.25) is 0 Å². The molecule has 0 spiro atoms. The van der Waals surface area contributed by atoms with Crippen LogP contribution in [-0.2, 0) is 10.8 Å². The fourth-order valence-electron chi connectivity index (χ4n) is 2.30. The minimum atomic E-state index is -0.543. The van der Waals surface area contributed by atoms with E-state index in [2.05, 4.69) is 10.2 Å². The standard InChI is InChI=1S/C10H20N2OS/c13-14-7-2-5-12(6-8-14)9-10-3-1-4-11-10/h10-11H,1-9H2/t10-,14?/m0/s1. The summed E-state index contributed by atoms with van der Waals surface area (Å²) in [6, 6.07) is 0.696. The molecular weight excluding hydrogens is 196 g/mol. The highest BCUT2D eigenvalue weighted by atomic mass is 32.2. The molecule has 0 bridgehead atoms. The van der Waals surface area contributed by atoms with Gasteiger partial charge < -0.3 is 10.2 Å². The Kier molecular flexibility index (Phi) is 3.96. The molecule has 4 heteroatoms. The summed E-state index contributed by atoms with van der Waals surface area (Å²) >= 11 is 0.